The molecule has 0 spiro atoms. The van der Waals surface area contributed by atoms with Gasteiger partial charge in [0.2, 0.25) is 15.9 Å². The van der Waals surface area contributed by atoms with E-state index in [2.05, 4.69) is 5.32 Å². The number of amides is 1. The molecule has 1 amide bonds. The maximum atomic E-state index is 12.9. The number of piperidine rings is 1. The van der Waals surface area contributed by atoms with Gasteiger partial charge in [-0.2, -0.15) is 4.31 Å². The van der Waals surface area contributed by atoms with Gasteiger partial charge in [-0.15, -0.1) is 0 Å². The lowest BCUT2D eigenvalue weighted by Gasteiger charge is -2.31. The molecule has 1 aliphatic heterocycles. The number of rotatable bonds is 5. The van der Waals surface area contributed by atoms with Crippen molar-refractivity contribution in [2.75, 3.05) is 24.7 Å². The van der Waals surface area contributed by atoms with Crippen molar-refractivity contribution in [3.05, 3.63) is 53.6 Å². The molecule has 0 saturated carbocycles. The number of sulfone groups is 1. The predicted molar refractivity (Wildman–Crippen MR) is 111 cm³/mol. The number of nitrogens with one attached hydrogen (secondary N) is 1. The number of hydrogen-bond acceptors (Lipinski definition) is 5. The van der Waals surface area contributed by atoms with Crippen LogP contribution in [0.3, 0.4) is 0 Å². The van der Waals surface area contributed by atoms with Gasteiger partial charge < -0.3 is 5.32 Å². The molecule has 3 rings (SSSR count). The van der Waals surface area contributed by atoms with Crippen molar-refractivity contribution in [1.82, 2.24) is 4.31 Å². The van der Waals surface area contributed by atoms with Gasteiger partial charge in [-0.3, -0.25) is 4.79 Å². The van der Waals surface area contributed by atoms with E-state index in [1.54, 1.807) is 0 Å². The topological polar surface area (TPSA) is 101 Å². The Labute approximate surface area is 175 Å². The summed E-state index contributed by atoms with van der Waals surface area (Å²) in [5.74, 6) is -0.798. The zero-order valence-corrected chi connectivity index (χ0v) is 18.1. The Morgan fingerprint density at radius 3 is 2.17 bits per heavy atom. The molecule has 2 aromatic carbocycles. The molecule has 29 heavy (non-hydrogen) atoms. The van der Waals surface area contributed by atoms with Crippen LogP contribution in [0.4, 0.5) is 5.69 Å². The number of nitrogens with zero attached hydrogens (tertiary/aromatic N) is 1. The number of benzene rings is 2. The second-order valence-corrected chi connectivity index (χ2v) is 11.3. The van der Waals surface area contributed by atoms with Crippen LogP contribution < -0.4 is 5.32 Å². The molecular weight excluding hydrogens is 436 g/mol. The first-order valence-electron chi connectivity index (χ1n) is 8.94. The molecule has 1 saturated heterocycles. The lowest BCUT2D eigenvalue weighted by atomic mass is 9.99. The summed E-state index contributed by atoms with van der Waals surface area (Å²) in [7, 11) is -7.03. The van der Waals surface area contributed by atoms with E-state index in [-0.39, 0.29) is 22.2 Å². The van der Waals surface area contributed by atoms with Gasteiger partial charge in [0.15, 0.2) is 9.84 Å². The highest BCUT2D eigenvalue weighted by atomic mass is 35.5. The van der Waals surface area contributed by atoms with Crippen LogP contribution in [-0.4, -0.2) is 46.4 Å². The Bertz CT molecular complexity index is 1100. The summed E-state index contributed by atoms with van der Waals surface area (Å²) >= 11 is 5.83. The summed E-state index contributed by atoms with van der Waals surface area (Å²) in [5.41, 5.74) is 0.458. The van der Waals surface area contributed by atoms with Crippen molar-refractivity contribution < 1.29 is 21.6 Å². The second-order valence-electron chi connectivity index (χ2n) is 6.94. The number of sulfonamides is 1. The molecule has 0 aromatic heterocycles. The first kappa shape index (κ1) is 21.8. The van der Waals surface area contributed by atoms with E-state index in [4.69, 9.17) is 11.6 Å². The molecular formula is C19H21ClN2O5S2. The molecule has 156 valence electrons. The van der Waals surface area contributed by atoms with Crippen LogP contribution in [0.15, 0.2) is 58.3 Å². The fourth-order valence-electron chi connectivity index (χ4n) is 3.16. The average molecular weight is 457 g/mol. The van der Waals surface area contributed by atoms with Crippen molar-refractivity contribution in [2.45, 2.75) is 22.6 Å². The third-order valence-corrected chi connectivity index (χ3v) is 8.02. The number of hydrogen-bond donors (Lipinski definition) is 1. The van der Waals surface area contributed by atoms with Gasteiger partial charge >= 0.3 is 0 Å². The number of anilines is 1. The molecule has 0 aliphatic carbocycles. The van der Waals surface area contributed by atoms with Crippen molar-refractivity contribution >= 4 is 43.1 Å². The van der Waals surface area contributed by atoms with Crippen molar-refractivity contribution in [3.63, 3.8) is 0 Å². The summed E-state index contributed by atoms with van der Waals surface area (Å²) in [4.78, 5) is 12.9. The Hall–Kier alpha value is -1.94. The lowest BCUT2D eigenvalue weighted by molar-refractivity contribution is -0.120. The van der Waals surface area contributed by atoms with E-state index in [0.717, 1.165) is 6.26 Å². The van der Waals surface area contributed by atoms with Crippen LogP contribution in [0.1, 0.15) is 12.8 Å². The molecule has 1 atom stereocenters. The van der Waals surface area contributed by atoms with Crippen LogP contribution in [0.2, 0.25) is 5.02 Å². The van der Waals surface area contributed by atoms with E-state index in [9.17, 15) is 21.6 Å². The molecule has 0 radical (unpaired) electrons. The van der Waals surface area contributed by atoms with Crippen molar-refractivity contribution in [1.29, 1.82) is 0 Å². The second kappa shape index (κ2) is 8.43. The Morgan fingerprint density at radius 1 is 1.00 bits per heavy atom. The summed E-state index contributed by atoms with van der Waals surface area (Å²) in [6, 6.07) is 11.8. The minimum Gasteiger partial charge on any atom is -0.326 e. The summed E-state index contributed by atoms with van der Waals surface area (Å²) in [5, 5.41) is 3.18. The molecule has 1 unspecified atom stereocenters. The number of halogens is 1. The van der Waals surface area contributed by atoms with Gasteiger partial charge in [0.1, 0.15) is 0 Å². The van der Waals surface area contributed by atoms with Gasteiger partial charge in [-0.1, -0.05) is 11.6 Å². The highest BCUT2D eigenvalue weighted by molar-refractivity contribution is 7.90. The number of carbonyl (C=O) groups excluding carboxylic acids is 1. The largest absolute Gasteiger partial charge is 0.326 e. The van der Waals surface area contributed by atoms with E-state index >= 15 is 0 Å². The molecule has 1 heterocycles. The minimum absolute atomic E-state index is 0.0816. The molecule has 10 heteroatoms. The first-order chi connectivity index (χ1) is 13.6. The van der Waals surface area contributed by atoms with E-state index in [1.165, 1.54) is 52.8 Å². The van der Waals surface area contributed by atoms with Crippen LogP contribution in [0.25, 0.3) is 0 Å². The molecule has 1 aliphatic rings. The van der Waals surface area contributed by atoms with Crippen molar-refractivity contribution in [3.8, 4) is 0 Å². The van der Waals surface area contributed by atoms with Gasteiger partial charge in [-0.25, -0.2) is 16.8 Å². The summed E-state index contributed by atoms with van der Waals surface area (Å²) in [6.07, 6.45) is 2.25. The van der Waals surface area contributed by atoms with Gasteiger partial charge in [0.25, 0.3) is 0 Å². The first-order valence-corrected chi connectivity index (χ1v) is 12.6. The van der Waals surface area contributed by atoms with Gasteiger partial charge in [-0.05, 0) is 61.4 Å². The average Bonchev–Trinajstić information content (AvgIpc) is 2.68. The zero-order chi connectivity index (χ0) is 21.2. The maximum Gasteiger partial charge on any atom is 0.243 e. The van der Waals surface area contributed by atoms with Crippen LogP contribution in [-0.2, 0) is 24.7 Å². The highest BCUT2D eigenvalue weighted by Gasteiger charge is 2.33. The predicted octanol–water partition coefficient (Wildman–Crippen LogP) is 2.78. The van der Waals surface area contributed by atoms with E-state index < -0.39 is 25.8 Å². The van der Waals surface area contributed by atoms with Crippen molar-refractivity contribution in [2.24, 2.45) is 5.92 Å². The normalized spacial score (nSPS) is 18.3. The standard InChI is InChI=1S/C19H21ClN2O5S2/c1-28(24,25)17-10-6-16(7-11-17)21-19(23)14-3-2-12-22(13-14)29(26,27)18-8-4-15(20)5-9-18/h4-11,14H,2-3,12-13H2,1H3,(H,21,23). The third kappa shape index (κ3) is 5.16. The monoisotopic (exact) mass is 456 g/mol. The maximum absolute atomic E-state index is 12.9. The van der Waals surface area contributed by atoms with Crippen LogP contribution in [0.5, 0.6) is 0 Å². The summed E-state index contributed by atoms with van der Waals surface area (Å²) in [6.45, 7) is 0.427. The fourth-order valence-corrected chi connectivity index (χ4v) is 5.44. The molecule has 2 aromatic rings. The number of carbonyl (C=O) groups is 1. The zero-order valence-electron chi connectivity index (χ0n) is 15.7. The lowest BCUT2D eigenvalue weighted by Crippen LogP contribution is -2.43. The summed E-state index contributed by atoms with van der Waals surface area (Å²) < 4.78 is 50.1. The molecule has 1 fully saturated rings. The Balaban J connectivity index is 1.70. The molecule has 1 N–H and O–H groups in total. The van der Waals surface area contributed by atoms with Gasteiger partial charge in [0.05, 0.1) is 15.7 Å². The SMILES string of the molecule is CS(=O)(=O)c1ccc(NC(=O)C2CCCN(S(=O)(=O)c3ccc(Cl)cc3)C2)cc1. The van der Waals surface area contributed by atoms with Crippen LogP contribution >= 0.6 is 11.6 Å². The third-order valence-electron chi connectivity index (χ3n) is 4.76. The van der Waals surface area contributed by atoms with Gasteiger partial charge in [0, 0.05) is 30.1 Å². The smallest absolute Gasteiger partial charge is 0.243 e. The fraction of sp³-hybridized carbons (Fsp3) is 0.316. The minimum atomic E-state index is -3.71. The highest BCUT2D eigenvalue weighted by Crippen LogP contribution is 2.26. The Kier molecular flexibility index (Phi) is 6.33. The van der Waals surface area contributed by atoms with E-state index in [0.29, 0.717) is 30.1 Å². The molecule has 7 nitrogen and oxygen atoms in total. The molecule has 0 bridgehead atoms. The quantitative estimate of drug-likeness (QED) is 0.745. The van der Waals surface area contributed by atoms with E-state index in [1.807, 2.05) is 0 Å². The Morgan fingerprint density at radius 2 is 1.59 bits per heavy atom. The van der Waals surface area contributed by atoms with Crippen LogP contribution in [0, 0.1) is 5.92 Å².